The zero-order chi connectivity index (χ0) is 15.8. The first-order valence-corrected chi connectivity index (χ1v) is 8.48. The number of carbonyl (C=O) groups is 1. The van der Waals surface area contributed by atoms with E-state index in [0.717, 1.165) is 42.7 Å². The molecule has 2 heterocycles. The predicted molar refractivity (Wildman–Crippen MR) is 84.8 cm³/mol. The quantitative estimate of drug-likeness (QED) is 0.837. The van der Waals surface area contributed by atoms with Gasteiger partial charge < -0.3 is 19.1 Å². The highest BCUT2D eigenvalue weighted by Gasteiger charge is 2.41. The first kappa shape index (κ1) is 14.8. The third-order valence-electron chi connectivity index (χ3n) is 5.30. The first-order valence-electron chi connectivity index (χ1n) is 8.48. The van der Waals surface area contributed by atoms with Crippen molar-refractivity contribution in [3.05, 3.63) is 23.8 Å². The van der Waals surface area contributed by atoms with Crippen LogP contribution in [0.15, 0.2) is 18.2 Å². The number of morpholine rings is 1. The second-order valence-electron chi connectivity index (χ2n) is 6.62. The molecule has 0 bridgehead atoms. The van der Waals surface area contributed by atoms with Crippen LogP contribution in [0.25, 0.3) is 0 Å². The van der Waals surface area contributed by atoms with Gasteiger partial charge in [0.05, 0.1) is 31.8 Å². The highest BCUT2D eigenvalue weighted by atomic mass is 16.5. The molecule has 1 aromatic rings. The smallest absolute Gasteiger partial charge is 0.229 e. The minimum atomic E-state index is -0.0877. The summed E-state index contributed by atoms with van der Waals surface area (Å²) in [6.45, 7) is 1.83. The van der Waals surface area contributed by atoms with Crippen LogP contribution < -0.4 is 9.47 Å². The van der Waals surface area contributed by atoms with E-state index in [1.165, 1.54) is 0 Å². The molecule has 1 saturated heterocycles. The lowest BCUT2D eigenvalue weighted by molar-refractivity contribution is -0.149. The van der Waals surface area contributed by atoms with E-state index < -0.39 is 0 Å². The van der Waals surface area contributed by atoms with Gasteiger partial charge in [0.1, 0.15) is 18.1 Å². The molecule has 0 aromatic heterocycles. The number of ether oxygens (including phenoxy) is 3. The maximum atomic E-state index is 13.0. The van der Waals surface area contributed by atoms with E-state index in [0.29, 0.717) is 19.8 Å². The van der Waals surface area contributed by atoms with Gasteiger partial charge in [-0.2, -0.15) is 0 Å². The fourth-order valence-electron chi connectivity index (χ4n) is 4.07. The van der Waals surface area contributed by atoms with Crippen molar-refractivity contribution in [2.24, 2.45) is 5.92 Å². The lowest BCUT2D eigenvalue weighted by Gasteiger charge is -2.40. The van der Waals surface area contributed by atoms with Crippen LogP contribution in [0, 0.1) is 5.92 Å². The van der Waals surface area contributed by atoms with E-state index in [9.17, 15) is 4.79 Å². The molecular formula is C18H23NO4. The van der Waals surface area contributed by atoms with Gasteiger partial charge in [-0.05, 0) is 37.3 Å². The Balaban J connectivity index is 1.49. The van der Waals surface area contributed by atoms with E-state index in [-0.39, 0.29) is 24.0 Å². The van der Waals surface area contributed by atoms with E-state index >= 15 is 0 Å². The Morgan fingerprint density at radius 1 is 1.35 bits per heavy atom. The standard InChI is InChI=1S/C18H23NO4/c1-21-14-6-5-12-9-13(11-23-17(12)10-14)18(20)19-7-8-22-16-4-2-3-15(16)19/h5-6,10,13,15-16H,2-4,7-9,11H2,1H3/t13-,15-,16-/m1/s1. The summed E-state index contributed by atoms with van der Waals surface area (Å²) in [4.78, 5) is 15.1. The molecule has 124 valence electrons. The third kappa shape index (κ3) is 2.67. The molecule has 0 N–H and O–H groups in total. The van der Waals surface area contributed by atoms with Crippen molar-refractivity contribution in [1.29, 1.82) is 0 Å². The average molecular weight is 317 g/mol. The van der Waals surface area contributed by atoms with E-state index in [4.69, 9.17) is 14.2 Å². The predicted octanol–water partition coefficient (Wildman–Crippen LogP) is 2.03. The van der Waals surface area contributed by atoms with Crippen LogP contribution in [0.5, 0.6) is 11.5 Å². The van der Waals surface area contributed by atoms with Gasteiger partial charge in [0.2, 0.25) is 5.91 Å². The van der Waals surface area contributed by atoms with Crippen molar-refractivity contribution in [2.75, 3.05) is 26.9 Å². The molecule has 5 heteroatoms. The van der Waals surface area contributed by atoms with Crippen molar-refractivity contribution in [2.45, 2.75) is 37.8 Å². The van der Waals surface area contributed by atoms with Crippen LogP contribution in [0.4, 0.5) is 0 Å². The Morgan fingerprint density at radius 2 is 2.26 bits per heavy atom. The second kappa shape index (κ2) is 6.04. The number of amides is 1. The maximum Gasteiger partial charge on any atom is 0.229 e. The summed E-state index contributed by atoms with van der Waals surface area (Å²) in [7, 11) is 1.65. The van der Waals surface area contributed by atoms with E-state index in [1.807, 2.05) is 18.2 Å². The van der Waals surface area contributed by atoms with Crippen LogP contribution in [0.2, 0.25) is 0 Å². The number of carbonyl (C=O) groups excluding carboxylic acids is 1. The number of nitrogens with zero attached hydrogens (tertiary/aromatic N) is 1. The Hall–Kier alpha value is -1.75. The van der Waals surface area contributed by atoms with Gasteiger partial charge in [-0.1, -0.05) is 6.07 Å². The molecule has 2 aliphatic heterocycles. The molecule has 1 amide bonds. The summed E-state index contributed by atoms with van der Waals surface area (Å²) in [6.07, 6.45) is 4.29. The Kier molecular flexibility index (Phi) is 3.89. The second-order valence-corrected chi connectivity index (χ2v) is 6.62. The van der Waals surface area contributed by atoms with E-state index in [1.54, 1.807) is 7.11 Å². The minimum Gasteiger partial charge on any atom is -0.497 e. The molecule has 3 atom stereocenters. The fourth-order valence-corrected chi connectivity index (χ4v) is 4.07. The molecule has 23 heavy (non-hydrogen) atoms. The van der Waals surface area contributed by atoms with E-state index in [2.05, 4.69) is 4.90 Å². The maximum absolute atomic E-state index is 13.0. The lowest BCUT2D eigenvalue weighted by Crippen LogP contribution is -2.54. The largest absolute Gasteiger partial charge is 0.497 e. The monoisotopic (exact) mass is 317 g/mol. The van der Waals surface area contributed by atoms with Gasteiger partial charge in [-0.3, -0.25) is 4.79 Å². The van der Waals surface area contributed by atoms with Gasteiger partial charge in [-0.15, -0.1) is 0 Å². The minimum absolute atomic E-state index is 0.0877. The van der Waals surface area contributed by atoms with Crippen molar-refractivity contribution in [3.8, 4) is 11.5 Å². The van der Waals surface area contributed by atoms with Gasteiger partial charge in [-0.25, -0.2) is 0 Å². The zero-order valence-electron chi connectivity index (χ0n) is 13.5. The van der Waals surface area contributed by atoms with Crippen LogP contribution in [0.3, 0.4) is 0 Å². The van der Waals surface area contributed by atoms with Gasteiger partial charge in [0, 0.05) is 12.6 Å². The molecule has 1 aliphatic carbocycles. The fraction of sp³-hybridized carbons (Fsp3) is 0.611. The number of rotatable bonds is 2. The number of benzene rings is 1. The van der Waals surface area contributed by atoms with Gasteiger partial charge in [0.15, 0.2) is 0 Å². The van der Waals surface area contributed by atoms with Crippen molar-refractivity contribution < 1.29 is 19.0 Å². The summed E-state index contributed by atoms with van der Waals surface area (Å²) in [5, 5.41) is 0. The first-order chi connectivity index (χ1) is 11.3. The van der Waals surface area contributed by atoms with Gasteiger partial charge >= 0.3 is 0 Å². The summed E-state index contributed by atoms with van der Waals surface area (Å²) >= 11 is 0. The summed E-state index contributed by atoms with van der Waals surface area (Å²) in [6, 6.07) is 6.10. The van der Waals surface area contributed by atoms with Crippen LogP contribution >= 0.6 is 0 Å². The Bertz CT molecular complexity index is 603. The number of hydrogen-bond acceptors (Lipinski definition) is 4. The summed E-state index contributed by atoms with van der Waals surface area (Å²) in [5.41, 5.74) is 1.09. The molecule has 2 fully saturated rings. The molecule has 0 spiro atoms. The molecular weight excluding hydrogens is 294 g/mol. The van der Waals surface area contributed by atoms with Crippen LogP contribution in [0.1, 0.15) is 24.8 Å². The number of fused-ring (bicyclic) bond motifs is 2. The molecule has 4 rings (SSSR count). The Labute approximate surface area is 136 Å². The van der Waals surface area contributed by atoms with Crippen molar-refractivity contribution >= 4 is 5.91 Å². The Morgan fingerprint density at radius 3 is 3.13 bits per heavy atom. The normalized spacial score (nSPS) is 29.4. The molecule has 1 saturated carbocycles. The van der Waals surface area contributed by atoms with Crippen molar-refractivity contribution in [1.82, 2.24) is 4.90 Å². The van der Waals surface area contributed by atoms with Crippen LogP contribution in [-0.4, -0.2) is 49.8 Å². The summed E-state index contributed by atoms with van der Waals surface area (Å²) < 4.78 is 16.9. The SMILES string of the molecule is COc1ccc2c(c1)OC[C@H](C(=O)N1CCO[C@@H]3CCC[C@H]31)C2. The third-order valence-corrected chi connectivity index (χ3v) is 5.30. The molecule has 1 aromatic carbocycles. The van der Waals surface area contributed by atoms with Gasteiger partial charge in [0.25, 0.3) is 0 Å². The average Bonchev–Trinajstić information content (AvgIpc) is 3.08. The molecule has 5 nitrogen and oxygen atoms in total. The van der Waals surface area contributed by atoms with Crippen LogP contribution in [-0.2, 0) is 16.0 Å². The topological polar surface area (TPSA) is 48.0 Å². The molecule has 3 aliphatic rings. The molecule has 0 unspecified atom stereocenters. The summed E-state index contributed by atoms with van der Waals surface area (Å²) in [5.74, 6) is 1.77. The highest BCUT2D eigenvalue weighted by Crippen LogP contribution is 2.34. The number of methoxy groups -OCH3 is 1. The highest BCUT2D eigenvalue weighted by molar-refractivity contribution is 5.80. The lowest BCUT2D eigenvalue weighted by atomic mass is 9.94. The number of hydrogen-bond donors (Lipinski definition) is 0. The van der Waals surface area contributed by atoms with Crippen molar-refractivity contribution in [3.63, 3.8) is 0 Å². The molecule has 0 radical (unpaired) electrons. The zero-order valence-corrected chi connectivity index (χ0v) is 13.5.